The summed E-state index contributed by atoms with van der Waals surface area (Å²) >= 11 is 0. The zero-order chi connectivity index (χ0) is 6.57. The SMILES string of the molecule is CCN(CC)[SH](=O)=O. The number of hydrogen-bond donors (Lipinski definition) is 1. The first-order valence-corrected chi connectivity index (χ1v) is 3.74. The van der Waals surface area contributed by atoms with Crippen LogP contribution in [0.1, 0.15) is 13.8 Å². The molecule has 0 aromatic heterocycles. The molecule has 0 aromatic carbocycles. The minimum atomic E-state index is -2.33. The summed E-state index contributed by atoms with van der Waals surface area (Å²) < 4.78 is 21.6. The molecule has 0 unspecified atom stereocenters. The van der Waals surface area contributed by atoms with E-state index in [-0.39, 0.29) is 0 Å². The van der Waals surface area contributed by atoms with Gasteiger partial charge < -0.3 is 0 Å². The molecule has 0 fully saturated rings. The minimum absolute atomic E-state index is 0.579. The van der Waals surface area contributed by atoms with Gasteiger partial charge in [0.15, 0.2) is 0 Å². The molecular weight excluding hydrogens is 126 g/mol. The standard InChI is InChI=1S/C4H11NO2S/c1-3-5(4-2)8(6)7/h8H,3-4H2,1-2H3. The molecule has 0 heterocycles. The van der Waals surface area contributed by atoms with Crippen LogP contribution in [0.15, 0.2) is 0 Å². The maximum absolute atomic E-state index is 10.1. The van der Waals surface area contributed by atoms with Crippen LogP contribution in [0.25, 0.3) is 0 Å². The Labute approximate surface area is 51.4 Å². The Bertz CT molecular complexity index is 109. The lowest BCUT2D eigenvalue weighted by Gasteiger charge is -2.06. The van der Waals surface area contributed by atoms with Gasteiger partial charge in [-0.1, -0.05) is 13.8 Å². The van der Waals surface area contributed by atoms with Crippen molar-refractivity contribution in [1.29, 1.82) is 0 Å². The number of thiol groups is 1. The molecule has 0 aliphatic heterocycles. The van der Waals surface area contributed by atoms with E-state index in [9.17, 15) is 8.42 Å². The smallest absolute Gasteiger partial charge is 0.203 e. The summed E-state index contributed by atoms with van der Waals surface area (Å²) in [4.78, 5) is 0. The van der Waals surface area contributed by atoms with Crippen LogP contribution in [0.3, 0.4) is 0 Å². The molecule has 8 heavy (non-hydrogen) atoms. The Balaban J connectivity index is 3.70. The first-order chi connectivity index (χ1) is 3.72. The Morgan fingerprint density at radius 2 is 1.62 bits per heavy atom. The van der Waals surface area contributed by atoms with Crippen LogP contribution < -0.4 is 0 Å². The lowest BCUT2D eigenvalue weighted by atomic mass is 10.7. The van der Waals surface area contributed by atoms with Crippen LogP contribution in [0.2, 0.25) is 0 Å². The monoisotopic (exact) mass is 137 g/mol. The number of nitrogens with zero attached hydrogens (tertiary/aromatic N) is 1. The quantitative estimate of drug-likeness (QED) is 0.549. The summed E-state index contributed by atoms with van der Waals surface area (Å²) in [6, 6.07) is 0. The summed E-state index contributed by atoms with van der Waals surface area (Å²) in [5, 5.41) is 0. The lowest BCUT2D eigenvalue weighted by molar-refractivity contribution is 0.463. The third-order valence-electron chi connectivity index (χ3n) is 0.961. The number of hydrogen-bond acceptors (Lipinski definition) is 2. The van der Waals surface area contributed by atoms with Gasteiger partial charge in [-0.05, 0) is 0 Å². The van der Waals surface area contributed by atoms with Gasteiger partial charge >= 0.3 is 0 Å². The van der Waals surface area contributed by atoms with Crippen molar-refractivity contribution in [3.8, 4) is 0 Å². The van der Waals surface area contributed by atoms with Gasteiger partial charge in [0, 0.05) is 13.1 Å². The highest BCUT2D eigenvalue weighted by molar-refractivity contribution is 7.69. The van der Waals surface area contributed by atoms with Crippen molar-refractivity contribution >= 4 is 10.9 Å². The van der Waals surface area contributed by atoms with Crippen LogP contribution in [-0.2, 0) is 10.9 Å². The Morgan fingerprint density at radius 1 is 1.25 bits per heavy atom. The molecule has 50 valence electrons. The van der Waals surface area contributed by atoms with Crippen molar-refractivity contribution in [3.63, 3.8) is 0 Å². The first kappa shape index (κ1) is 7.91. The molecule has 0 rings (SSSR count). The van der Waals surface area contributed by atoms with Crippen molar-refractivity contribution in [3.05, 3.63) is 0 Å². The molecule has 0 aromatic rings. The van der Waals surface area contributed by atoms with E-state index in [1.807, 2.05) is 13.8 Å². The van der Waals surface area contributed by atoms with Crippen molar-refractivity contribution < 1.29 is 8.42 Å². The lowest BCUT2D eigenvalue weighted by Crippen LogP contribution is -2.20. The third kappa shape index (κ3) is 2.28. The van der Waals surface area contributed by atoms with Crippen LogP contribution in [-0.4, -0.2) is 25.8 Å². The van der Waals surface area contributed by atoms with Gasteiger partial charge in [0.25, 0.3) is 0 Å². The van der Waals surface area contributed by atoms with E-state index in [1.54, 1.807) is 0 Å². The highest BCUT2D eigenvalue weighted by atomic mass is 32.2. The summed E-state index contributed by atoms with van der Waals surface area (Å²) in [7, 11) is -2.33. The Kier molecular flexibility index (Phi) is 3.81. The maximum Gasteiger partial charge on any atom is 0.203 e. The predicted octanol–water partition coefficient (Wildman–Crippen LogP) is -0.145. The van der Waals surface area contributed by atoms with Gasteiger partial charge in [-0.15, -0.1) is 0 Å². The van der Waals surface area contributed by atoms with Crippen molar-refractivity contribution in [1.82, 2.24) is 4.31 Å². The molecule has 0 bridgehead atoms. The van der Waals surface area contributed by atoms with Gasteiger partial charge in [-0.3, -0.25) is 0 Å². The molecule has 0 amide bonds. The molecule has 0 saturated carbocycles. The van der Waals surface area contributed by atoms with E-state index in [0.717, 1.165) is 0 Å². The highest BCUT2D eigenvalue weighted by Crippen LogP contribution is 1.82. The molecular formula is C4H11NO2S. The van der Waals surface area contributed by atoms with E-state index in [2.05, 4.69) is 0 Å². The van der Waals surface area contributed by atoms with E-state index < -0.39 is 10.9 Å². The normalized spacial score (nSPS) is 11.0. The van der Waals surface area contributed by atoms with E-state index >= 15 is 0 Å². The summed E-state index contributed by atoms with van der Waals surface area (Å²) in [5.74, 6) is 0. The average molecular weight is 137 g/mol. The Hall–Kier alpha value is -0.0900. The van der Waals surface area contributed by atoms with Gasteiger partial charge in [0.2, 0.25) is 10.9 Å². The number of rotatable bonds is 3. The van der Waals surface area contributed by atoms with Gasteiger partial charge in [-0.25, -0.2) is 12.7 Å². The van der Waals surface area contributed by atoms with Crippen molar-refractivity contribution in [2.24, 2.45) is 0 Å². The molecule has 0 radical (unpaired) electrons. The maximum atomic E-state index is 10.1. The molecule has 0 saturated heterocycles. The molecule has 0 N–H and O–H groups in total. The second-order valence-corrected chi connectivity index (χ2v) is 2.42. The average Bonchev–Trinajstić information content (AvgIpc) is 1.69. The fourth-order valence-electron chi connectivity index (χ4n) is 0.455. The second kappa shape index (κ2) is 3.86. The predicted molar refractivity (Wildman–Crippen MR) is 33.2 cm³/mol. The third-order valence-corrected chi connectivity index (χ3v) is 1.99. The topological polar surface area (TPSA) is 37.4 Å². The van der Waals surface area contributed by atoms with Gasteiger partial charge in [0.1, 0.15) is 0 Å². The van der Waals surface area contributed by atoms with Gasteiger partial charge in [0.05, 0.1) is 0 Å². The molecule has 4 heteroatoms. The first-order valence-electron chi connectivity index (χ1n) is 2.61. The van der Waals surface area contributed by atoms with Crippen molar-refractivity contribution in [2.45, 2.75) is 13.8 Å². The second-order valence-electron chi connectivity index (χ2n) is 1.38. The molecule has 0 aliphatic rings. The van der Waals surface area contributed by atoms with Crippen LogP contribution in [0.5, 0.6) is 0 Å². The van der Waals surface area contributed by atoms with E-state index in [0.29, 0.717) is 13.1 Å². The molecule has 3 nitrogen and oxygen atoms in total. The summed E-state index contributed by atoms with van der Waals surface area (Å²) in [5.41, 5.74) is 0. The van der Waals surface area contributed by atoms with Crippen LogP contribution >= 0.6 is 0 Å². The fraction of sp³-hybridized carbons (Fsp3) is 1.00. The fourth-order valence-corrected chi connectivity index (χ4v) is 0.916. The summed E-state index contributed by atoms with van der Waals surface area (Å²) in [6.07, 6.45) is 0. The summed E-state index contributed by atoms with van der Waals surface area (Å²) in [6.45, 7) is 4.79. The molecule has 0 aliphatic carbocycles. The zero-order valence-corrected chi connectivity index (χ0v) is 6.02. The van der Waals surface area contributed by atoms with Crippen LogP contribution in [0.4, 0.5) is 0 Å². The molecule has 0 spiro atoms. The Morgan fingerprint density at radius 3 is 1.62 bits per heavy atom. The van der Waals surface area contributed by atoms with Gasteiger partial charge in [-0.2, -0.15) is 0 Å². The largest absolute Gasteiger partial charge is 0.215 e. The zero-order valence-electron chi connectivity index (χ0n) is 5.13. The molecule has 0 atom stereocenters. The van der Waals surface area contributed by atoms with E-state index in [1.165, 1.54) is 4.31 Å². The minimum Gasteiger partial charge on any atom is -0.215 e. The highest BCUT2D eigenvalue weighted by Gasteiger charge is 1.96. The van der Waals surface area contributed by atoms with E-state index in [4.69, 9.17) is 0 Å². The van der Waals surface area contributed by atoms with Crippen LogP contribution in [0, 0.1) is 0 Å². The van der Waals surface area contributed by atoms with Crippen molar-refractivity contribution in [2.75, 3.05) is 13.1 Å².